The third kappa shape index (κ3) is 3.59. The van der Waals surface area contributed by atoms with Crippen molar-refractivity contribution >= 4 is 34.2 Å². The van der Waals surface area contributed by atoms with E-state index in [9.17, 15) is 4.79 Å². The topological polar surface area (TPSA) is 32.8 Å². The molecule has 128 valence electrons. The monoisotopic (exact) mass is 346 g/mol. The zero-order valence-corrected chi connectivity index (χ0v) is 15.1. The van der Waals surface area contributed by atoms with E-state index < -0.39 is 5.60 Å². The number of benzene rings is 2. The van der Waals surface area contributed by atoms with E-state index in [2.05, 4.69) is 17.0 Å². The van der Waals surface area contributed by atoms with Crippen molar-refractivity contribution in [1.82, 2.24) is 4.90 Å². The number of carbonyl (C=O) groups is 1. The summed E-state index contributed by atoms with van der Waals surface area (Å²) in [6, 6.07) is 12.2. The Morgan fingerprint density at radius 2 is 1.62 bits per heavy atom. The van der Waals surface area contributed by atoms with Crippen LogP contribution in [-0.2, 0) is 4.74 Å². The Kier molecular flexibility index (Phi) is 4.59. The zero-order valence-electron chi connectivity index (χ0n) is 14.4. The Hall–Kier alpha value is -1.94. The summed E-state index contributed by atoms with van der Waals surface area (Å²) in [5, 5.41) is 2.98. The number of rotatable bonds is 1. The molecule has 3 rings (SSSR count). The highest BCUT2D eigenvalue weighted by molar-refractivity contribution is 6.35. The number of carbonyl (C=O) groups excluding carboxylic acids is 1. The van der Waals surface area contributed by atoms with Crippen molar-refractivity contribution in [2.75, 3.05) is 31.1 Å². The van der Waals surface area contributed by atoms with Crippen LogP contribution in [0.15, 0.2) is 36.4 Å². The lowest BCUT2D eigenvalue weighted by atomic mass is 10.1. The fourth-order valence-electron chi connectivity index (χ4n) is 2.99. The summed E-state index contributed by atoms with van der Waals surface area (Å²) < 4.78 is 5.46. The third-order valence-corrected chi connectivity index (χ3v) is 4.45. The molecule has 0 radical (unpaired) electrons. The minimum atomic E-state index is -0.458. The van der Waals surface area contributed by atoms with Crippen LogP contribution in [0.25, 0.3) is 10.8 Å². The van der Waals surface area contributed by atoms with Gasteiger partial charge in [0.25, 0.3) is 0 Å². The van der Waals surface area contributed by atoms with Gasteiger partial charge in [0, 0.05) is 47.7 Å². The number of fused-ring (bicyclic) bond motifs is 1. The number of piperazine rings is 1. The molecule has 0 spiro atoms. The molecule has 0 unspecified atom stereocenters. The van der Waals surface area contributed by atoms with Crippen LogP contribution in [0.4, 0.5) is 10.5 Å². The van der Waals surface area contributed by atoms with Gasteiger partial charge in [0.05, 0.1) is 0 Å². The first kappa shape index (κ1) is 16.9. The van der Waals surface area contributed by atoms with E-state index in [1.54, 1.807) is 4.90 Å². The van der Waals surface area contributed by atoms with Gasteiger partial charge in [-0.2, -0.15) is 0 Å². The van der Waals surface area contributed by atoms with Crippen molar-refractivity contribution in [2.24, 2.45) is 0 Å². The highest BCUT2D eigenvalue weighted by atomic mass is 35.5. The van der Waals surface area contributed by atoms with Gasteiger partial charge in [-0.05, 0) is 32.9 Å². The standard InChI is InChI=1S/C19H23ClN2O2/c1-19(2,3)24-18(23)22-12-10-21(11-13-22)17-9-5-6-14-15(17)7-4-8-16(14)20/h4-9H,10-13H2,1-3H3. The van der Waals surface area contributed by atoms with Crippen molar-refractivity contribution in [1.29, 1.82) is 0 Å². The number of nitrogens with zero attached hydrogens (tertiary/aromatic N) is 2. The van der Waals surface area contributed by atoms with Gasteiger partial charge in [-0.3, -0.25) is 0 Å². The fourth-order valence-corrected chi connectivity index (χ4v) is 3.22. The average molecular weight is 347 g/mol. The molecule has 1 amide bonds. The third-order valence-electron chi connectivity index (χ3n) is 4.12. The smallest absolute Gasteiger partial charge is 0.410 e. The molecule has 0 aliphatic carbocycles. The van der Waals surface area contributed by atoms with Crippen molar-refractivity contribution in [3.63, 3.8) is 0 Å². The maximum Gasteiger partial charge on any atom is 0.410 e. The van der Waals surface area contributed by atoms with Crippen LogP contribution >= 0.6 is 11.6 Å². The molecule has 24 heavy (non-hydrogen) atoms. The molecular weight excluding hydrogens is 324 g/mol. The molecule has 0 N–H and O–H groups in total. The molecule has 1 saturated heterocycles. The minimum absolute atomic E-state index is 0.233. The summed E-state index contributed by atoms with van der Waals surface area (Å²) in [6.07, 6.45) is -0.233. The zero-order chi connectivity index (χ0) is 17.3. The second-order valence-corrected chi connectivity index (χ2v) is 7.47. The number of hydrogen-bond donors (Lipinski definition) is 0. The molecular formula is C19H23ClN2O2. The Morgan fingerprint density at radius 1 is 1.00 bits per heavy atom. The summed E-state index contributed by atoms with van der Waals surface area (Å²) in [4.78, 5) is 16.3. The van der Waals surface area contributed by atoms with E-state index in [4.69, 9.17) is 16.3 Å². The van der Waals surface area contributed by atoms with Gasteiger partial charge in [-0.25, -0.2) is 4.79 Å². The lowest BCUT2D eigenvalue weighted by Crippen LogP contribution is -2.50. The first-order valence-electron chi connectivity index (χ1n) is 8.25. The van der Waals surface area contributed by atoms with Crippen LogP contribution < -0.4 is 4.90 Å². The molecule has 1 aliphatic heterocycles. The van der Waals surface area contributed by atoms with Crippen LogP contribution in [0.1, 0.15) is 20.8 Å². The lowest BCUT2D eigenvalue weighted by molar-refractivity contribution is 0.0241. The van der Waals surface area contributed by atoms with Crippen LogP contribution in [0.2, 0.25) is 5.02 Å². The van der Waals surface area contributed by atoms with Gasteiger partial charge in [0.1, 0.15) is 5.60 Å². The van der Waals surface area contributed by atoms with Gasteiger partial charge in [0.2, 0.25) is 0 Å². The summed E-state index contributed by atoms with van der Waals surface area (Å²) in [5.74, 6) is 0. The molecule has 0 saturated carbocycles. The SMILES string of the molecule is CC(C)(C)OC(=O)N1CCN(c2cccc3c(Cl)cccc23)CC1. The lowest BCUT2D eigenvalue weighted by Gasteiger charge is -2.37. The maximum absolute atomic E-state index is 12.2. The number of ether oxygens (including phenoxy) is 1. The summed E-state index contributed by atoms with van der Waals surface area (Å²) in [7, 11) is 0. The van der Waals surface area contributed by atoms with E-state index in [0.29, 0.717) is 13.1 Å². The first-order valence-corrected chi connectivity index (χ1v) is 8.63. The van der Waals surface area contributed by atoms with Crippen molar-refractivity contribution in [3.8, 4) is 0 Å². The van der Waals surface area contributed by atoms with E-state index in [1.165, 1.54) is 5.69 Å². The predicted molar refractivity (Wildman–Crippen MR) is 99.0 cm³/mol. The van der Waals surface area contributed by atoms with Crippen molar-refractivity contribution in [3.05, 3.63) is 41.4 Å². The van der Waals surface area contributed by atoms with E-state index >= 15 is 0 Å². The van der Waals surface area contributed by atoms with Crippen LogP contribution in [-0.4, -0.2) is 42.8 Å². The van der Waals surface area contributed by atoms with E-state index in [1.807, 2.05) is 45.0 Å². The van der Waals surface area contributed by atoms with Gasteiger partial charge in [-0.1, -0.05) is 35.9 Å². The molecule has 1 fully saturated rings. The average Bonchev–Trinajstić information content (AvgIpc) is 2.53. The molecule has 1 heterocycles. The van der Waals surface area contributed by atoms with Crippen LogP contribution in [0.5, 0.6) is 0 Å². The highest BCUT2D eigenvalue weighted by Gasteiger charge is 2.26. The summed E-state index contributed by atoms with van der Waals surface area (Å²) >= 11 is 6.31. The van der Waals surface area contributed by atoms with Gasteiger partial charge in [-0.15, -0.1) is 0 Å². The van der Waals surface area contributed by atoms with Gasteiger partial charge < -0.3 is 14.5 Å². The highest BCUT2D eigenvalue weighted by Crippen LogP contribution is 2.31. The van der Waals surface area contributed by atoms with Crippen LogP contribution in [0.3, 0.4) is 0 Å². The Bertz CT molecular complexity index is 747. The number of hydrogen-bond acceptors (Lipinski definition) is 3. The largest absolute Gasteiger partial charge is 0.444 e. The van der Waals surface area contributed by atoms with E-state index in [0.717, 1.165) is 28.9 Å². The summed E-state index contributed by atoms with van der Waals surface area (Å²) in [5.41, 5.74) is 0.708. The van der Waals surface area contributed by atoms with Gasteiger partial charge in [0.15, 0.2) is 0 Å². The molecule has 0 bridgehead atoms. The second kappa shape index (κ2) is 6.52. The molecule has 0 aromatic heterocycles. The Morgan fingerprint density at radius 3 is 2.29 bits per heavy atom. The second-order valence-electron chi connectivity index (χ2n) is 7.07. The first-order chi connectivity index (χ1) is 11.3. The quantitative estimate of drug-likeness (QED) is 0.759. The normalized spacial score (nSPS) is 15.7. The van der Waals surface area contributed by atoms with Crippen molar-refractivity contribution in [2.45, 2.75) is 26.4 Å². The minimum Gasteiger partial charge on any atom is -0.444 e. The number of amides is 1. The Labute approximate surface area is 147 Å². The number of anilines is 1. The van der Waals surface area contributed by atoms with E-state index in [-0.39, 0.29) is 6.09 Å². The molecule has 2 aromatic rings. The fraction of sp³-hybridized carbons (Fsp3) is 0.421. The Balaban J connectivity index is 1.74. The predicted octanol–water partition coefficient (Wildman–Crippen LogP) is 4.55. The summed E-state index contributed by atoms with van der Waals surface area (Å²) in [6.45, 7) is 8.55. The molecule has 2 aromatic carbocycles. The van der Waals surface area contributed by atoms with Crippen molar-refractivity contribution < 1.29 is 9.53 Å². The number of halogens is 1. The van der Waals surface area contributed by atoms with Crippen LogP contribution in [0, 0.1) is 0 Å². The molecule has 4 nitrogen and oxygen atoms in total. The molecule has 0 atom stereocenters. The molecule has 5 heteroatoms. The van der Waals surface area contributed by atoms with Gasteiger partial charge >= 0.3 is 6.09 Å². The maximum atomic E-state index is 12.2. The molecule has 1 aliphatic rings.